The zero-order chi connectivity index (χ0) is 22.9. The van der Waals surface area contributed by atoms with Crippen LogP contribution in [-0.4, -0.2) is 49.8 Å². The molecule has 1 N–H and O–H groups in total. The Morgan fingerprint density at radius 2 is 1.81 bits per heavy atom. The normalized spacial score (nSPS) is 17.9. The van der Waals surface area contributed by atoms with Gasteiger partial charge in [-0.25, -0.2) is 0 Å². The largest absolute Gasteiger partial charge is 0.494 e. The number of hydrogen-bond acceptors (Lipinski definition) is 4. The van der Waals surface area contributed by atoms with E-state index in [0.717, 1.165) is 30.3 Å². The molecule has 0 unspecified atom stereocenters. The summed E-state index contributed by atoms with van der Waals surface area (Å²) in [6.45, 7) is 15.1. The first-order valence-corrected chi connectivity index (χ1v) is 12.1. The maximum Gasteiger partial charge on any atom is 0.256 e. The van der Waals surface area contributed by atoms with Crippen LogP contribution in [0.1, 0.15) is 66.7 Å². The van der Waals surface area contributed by atoms with Crippen LogP contribution in [0.25, 0.3) is 0 Å². The molecule has 0 saturated carbocycles. The Kier molecular flexibility index (Phi) is 10.3. The van der Waals surface area contributed by atoms with Gasteiger partial charge < -0.3 is 19.7 Å². The van der Waals surface area contributed by atoms with E-state index in [9.17, 15) is 4.79 Å². The van der Waals surface area contributed by atoms with Crippen LogP contribution in [-0.2, 0) is 9.53 Å². The van der Waals surface area contributed by atoms with Gasteiger partial charge in [0.1, 0.15) is 11.4 Å². The van der Waals surface area contributed by atoms with E-state index in [2.05, 4.69) is 44.8 Å². The topological polar surface area (TPSA) is 50.8 Å². The van der Waals surface area contributed by atoms with E-state index in [1.165, 1.54) is 25.9 Å². The number of nitrogens with zero attached hydrogens (tertiary/aromatic N) is 1. The van der Waals surface area contributed by atoms with Crippen LogP contribution in [0.2, 0.25) is 0 Å². The van der Waals surface area contributed by atoms with Crippen molar-refractivity contribution in [1.29, 1.82) is 0 Å². The summed E-state index contributed by atoms with van der Waals surface area (Å²) in [6.07, 6.45) is 5.10. The minimum atomic E-state index is -0.802. The smallest absolute Gasteiger partial charge is 0.256 e. The monoisotopic (exact) mass is 432 g/mol. The predicted octanol–water partition coefficient (Wildman–Crippen LogP) is 5.60. The molecule has 1 atom stereocenters. The molecule has 31 heavy (non-hydrogen) atoms. The number of hydrogen-bond donors (Lipinski definition) is 1. The fourth-order valence-electron chi connectivity index (χ4n) is 4.69. The van der Waals surface area contributed by atoms with Crippen LogP contribution < -0.4 is 10.1 Å². The summed E-state index contributed by atoms with van der Waals surface area (Å²) < 4.78 is 11.7. The molecule has 1 aliphatic rings. The number of piperidine rings is 1. The lowest BCUT2D eigenvalue weighted by Crippen LogP contribution is -2.46. The molecule has 0 radical (unpaired) electrons. The van der Waals surface area contributed by atoms with Crippen LogP contribution >= 0.6 is 0 Å². The van der Waals surface area contributed by atoms with Gasteiger partial charge in [-0.15, -0.1) is 0 Å². The van der Waals surface area contributed by atoms with Crippen molar-refractivity contribution in [2.75, 3.05) is 38.7 Å². The second kappa shape index (κ2) is 12.4. The first kappa shape index (κ1) is 25.7. The van der Waals surface area contributed by atoms with Crippen molar-refractivity contribution in [3.05, 3.63) is 24.3 Å². The molecule has 0 spiro atoms. The lowest BCUT2D eigenvalue weighted by Gasteiger charge is -2.34. The highest BCUT2D eigenvalue weighted by atomic mass is 16.5. The SMILES string of the molecule is COC(CC(C)C)(CC(C)C)C(=O)Nc1ccc(OCCCN2CCC[C@H](C)C2)cc1. The minimum Gasteiger partial charge on any atom is -0.494 e. The van der Waals surface area contributed by atoms with E-state index in [0.29, 0.717) is 31.3 Å². The van der Waals surface area contributed by atoms with Crippen molar-refractivity contribution in [2.45, 2.75) is 72.3 Å². The predicted molar refractivity (Wildman–Crippen MR) is 129 cm³/mol. The Labute approximate surface area is 189 Å². The molecule has 1 aromatic carbocycles. The molecular formula is C26H44N2O3. The summed E-state index contributed by atoms with van der Waals surface area (Å²) in [4.78, 5) is 15.7. The number of methoxy groups -OCH3 is 1. The molecule has 176 valence electrons. The Morgan fingerprint density at radius 3 is 2.35 bits per heavy atom. The number of anilines is 1. The maximum absolute atomic E-state index is 13.1. The van der Waals surface area contributed by atoms with Crippen LogP contribution in [0.4, 0.5) is 5.69 Å². The molecule has 1 fully saturated rings. The van der Waals surface area contributed by atoms with E-state index in [1.54, 1.807) is 7.11 Å². The standard InChI is InChI=1S/C26H44N2O3/c1-20(2)17-26(30-6,18-21(3)4)25(29)27-23-10-12-24(13-11-23)31-16-8-15-28-14-7-9-22(5)19-28/h10-13,20-22H,7-9,14-19H2,1-6H3,(H,27,29)/t22-/m0/s1. The molecule has 1 aromatic rings. The second-order valence-corrected chi connectivity index (χ2v) is 10.1. The Bertz CT molecular complexity index is 647. The molecule has 5 nitrogen and oxygen atoms in total. The third-order valence-corrected chi connectivity index (χ3v) is 6.02. The molecular weight excluding hydrogens is 388 g/mol. The number of benzene rings is 1. The molecule has 1 heterocycles. The van der Waals surface area contributed by atoms with Crippen LogP contribution in [0.15, 0.2) is 24.3 Å². The Balaban J connectivity index is 1.85. The highest BCUT2D eigenvalue weighted by Gasteiger charge is 2.39. The van der Waals surface area contributed by atoms with Gasteiger partial charge in [0.15, 0.2) is 0 Å². The highest BCUT2D eigenvalue weighted by Crippen LogP contribution is 2.30. The Hall–Kier alpha value is -1.59. The van der Waals surface area contributed by atoms with Crippen molar-refractivity contribution < 1.29 is 14.3 Å². The number of ether oxygens (including phenoxy) is 2. The summed E-state index contributed by atoms with van der Waals surface area (Å²) in [5.41, 5.74) is -0.0303. The van der Waals surface area contributed by atoms with Crippen molar-refractivity contribution in [2.24, 2.45) is 17.8 Å². The van der Waals surface area contributed by atoms with Gasteiger partial charge in [0.05, 0.1) is 6.61 Å². The zero-order valence-electron chi connectivity index (χ0n) is 20.6. The van der Waals surface area contributed by atoms with Crippen LogP contribution in [0.5, 0.6) is 5.75 Å². The van der Waals surface area contributed by atoms with Crippen molar-refractivity contribution in [3.63, 3.8) is 0 Å². The average Bonchev–Trinajstić information content (AvgIpc) is 2.71. The number of amides is 1. The van der Waals surface area contributed by atoms with Gasteiger partial charge in [0.2, 0.25) is 0 Å². The van der Waals surface area contributed by atoms with E-state index in [1.807, 2.05) is 24.3 Å². The third-order valence-electron chi connectivity index (χ3n) is 6.02. The fraction of sp³-hybridized carbons (Fsp3) is 0.731. The maximum atomic E-state index is 13.1. The lowest BCUT2D eigenvalue weighted by molar-refractivity contribution is -0.142. The van der Waals surface area contributed by atoms with Gasteiger partial charge in [-0.1, -0.05) is 34.6 Å². The third kappa shape index (κ3) is 8.46. The van der Waals surface area contributed by atoms with Crippen LogP contribution in [0.3, 0.4) is 0 Å². The summed E-state index contributed by atoms with van der Waals surface area (Å²) in [5, 5.41) is 3.06. The second-order valence-electron chi connectivity index (χ2n) is 10.1. The number of likely N-dealkylation sites (tertiary alicyclic amines) is 1. The molecule has 1 aliphatic heterocycles. The van der Waals surface area contributed by atoms with E-state index in [4.69, 9.17) is 9.47 Å². The van der Waals surface area contributed by atoms with Gasteiger partial charge in [-0.2, -0.15) is 0 Å². The van der Waals surface area contributed by atoms with Crippen molar-refractivity contribution in [3.8, 4) is 5.75 Å². The minimum absolute atomic E-state index is 0.0678. The first-order chi connectivity index (χ1) is 14.7. The summed E-state index contributed by atoms with van der Waals surface area (Å²) in [5.74, 6) is 2.33. The molecule has 5 heteroatoms. The molecule has 0 aromatic heterocycles. The fourth-order valence-corrected chi connectivity index (χ4v) is 4.69. The van der Waals surface area contributed by atoms with Crippen molar-refractivity contribution in [1.82, 2.24) is 4.90 Å². The molecule has 0 bridgehead atoms. The van der Waals surface area contributed by atoms with Gasteiger partial charge in [-0.3, -0.25) is 4.79 Å². The molecule has 1 saturated heterocycles. The summed E-state index contributed by atoms with van der Waals surface area (Å²) >= 11 is 0. The number of rotatable bonds is 12. The molecule has 1 amide bonds. The van der Waals surface area contributed by atoms with E-state index >= 15 is 0 Å². The number of carbonyl (C=O) groups excluding carboxylic acids is 1. The summed E-state index contributed by atoms with van der Waals surface area (Å²) in [7, 11) is 1.64. The van der Waals surface area contributed by atoms with Gasteiger partial charge in [0, 0.05) is 25.9 Å². The first-order valence-electron chi connectivity index (χ1n) is 12.1. The van der Waals surface area contributed by atoms with Crippen LogP contribution in [0, 0.1) is 17.8 Å². The quantitative estimate of drug-likeness (QED) is 0.437. The zero-order valence-corrected chi connectivity index (χ0v) is 20.6. The number of nitrogens with one attached hydrogen (secondary N) is 1. The van der Waals surface area contributed by atoms with E-state index < -0.39 is 5.60 Å². The highest BCUT2D eigenvalue weighted by molar-refractivity contribution is 5.97. The number of carbonyl (C=O) groups is 1. The van der Waals surface area contributed by atoms with Gasteiger partial charge in [-0.05, 0) is 80.7 Å². The van der Waals surface area contributed by atoms with E-state index in [-0.39, 0.29) is 5.91 Å². The summed E-state index contributed by atoms with van der Waals surface area (Å²) in [6, 6.07) is 7.67. The van der Waals surface area contributed by atoms with Crippen molar-refractivity contribution >= 4 is 11.6 Å². The molecule has 2 rings (SSSR count). The average molecular weight is 433 g/mol. The molecule has 0 aliphatic carbocycles. The van der Waals surface area contributed by atoms with Gasteiger partial charge in [0.25, 0.3) is 5.91 Å². The Morgan fingerprint density at radius 1 is 1.16 bits per heavy atom. The van der Waals surface area contributed by atoms with Gasteiger partial charge >= 0.3 is 0 Å². The lowest BCUT2D eigenvalue weighted by atomic mass is 9.84.